The Kier molecular flexibility index (Phi) is 4.39. The molecule has 17 heavy (non-hydrogen) atoms. The van der Waals surface area contributed by atoms with Gasteiger partial charge in [-0.2, -0.15) is 0 Å². The Labute approximate surface area is 97.9 Å². The molecule has 0 saturated carbocycles. The van der Waals surface area contributed by atoms with Crippen LogP contribution in [0.2, 0.25) is 0 Å². The van der Waals surface area contributed by atoms with Crippen molar-refractivity contribution in [3.8, 4) is 0 Å². The average molecular weight is 250 g/mol. The minimum atomic E-state index is -2.85. The van der Waals surface area contributed by atoms with E-state index < -0.39 is 37.0 Å². The molecule has 98 valence electrons. The molecule has 5 nitrogen and oxygen atoms in total. The number of carbonyl (C=O) groups excluding carboxylic acids is 2. The SMILES string of the molecule is C[C@@H](N)C(=O)OCC(=O)N1CCCC(F)(F)C1. The van der Waals surface area contributed by atoms with E-state index in [1.807, 2.05) is 0 Å². The maximum absolute atomic E-state index is 13.0. The zero-order valence-electron chi connectivity index (χ0n) is 9.62. The smallest absolute Gasteiger partial charge is 0.323 e. The summed E-state index contributed by atoms with van der Waals surface area (Å²) in [6, 6.07) is -0.828. The van der Waals surface area contributed by atoms with Gasteiger partial charge in [0.2, 0.25) is 0 Å². The molecule has 1 aliphatic rings. The molecule has 1 heterocycles. The quantitative estimate of drug-likeness (QED) is 0.723. The van der Waals surface area contributed by atoms with E-state index in [1.165, 1.54) is 6.92 Å². The van der Waals surface area contributed by atoms with Crippen LogP contribution in [-0.2, 0) is 14.3 Å². The van der Waals surface area contributed by atoms with Gasteiger partial charge in [-0.1, -0.05) is 0 Å². The predicted octanol–water partition coefficient (Wildman–Crippen LogP) is 0.134. The van der Waals surface area contributed by atoms with Crippen molar-refractivity contribution >= 4 is 11.9 Å². The second-order valence-corrected chi connectivity index (χ2v) is 4.17. The maximum atomic E-state index is 13.0. The summed E-state index contributed by atoms with van der Waals surface area (Å²) in [5.41, 5.74) is 5.22. The molecule has 7 heteroatoms. The molecule has 0 aromatic carbocycles. The van der Waals surface area contributed by atoms with E-state index in [-0.39, 0.29) is 19.4 Å². The molecule has 1 amide bonds. The van der Waals surface area contributed by atoms with Crippen LogP contribution in [0.25, 0.3) is 0 Å². The van der Waals surface area contributed by atoms with E-state index in [4.69, 9.17) is 5.73 Å². The summed E-state index contributed by atoms with van der Waals surface area (Å²) >= 11 is 0. The number of alkyl halides is 2. The third-order valence-corrected chi connectivity index (χ3v) is 2.46. The van der Waals surface area contributed by atoms with Crippen LogP contribution in [0.15, 0.2) is 0 Å². The molecule has 1 fully saturated rings. The highest BCUT2D eigenvalue weighted by molar-refractivity contribution is 5.82. The summed E-state index contributed by atoms with van der Waals surface area (Å²) in [5.74, 6) is -4.18. The first kappa shape index (κ1) is 13.8. The molecule has 0 unspecified atom stereocenters. The fourth-order valence-corrected chi connectivity index (χ4v) is 1.53. The lowest BCUT2D eigenvalue weighted by atomic mass is 10.1. The Bertz CT molecular complexity index is 308. The zero-order valence-corrected chi connectivity index (χ0v) is 9.62. The zero-order chi connectivity index (χ0) is 13.1. The molecule has 0 aliphatic carbocycles. The minimum Gasteiger partial charge on any atom is -0.454 e. The van der Waals surface area contributed by atoms with Crippen LogP contribution in [0, 0.1) is 0 Å². The Morgan fingerprint density at radius 2 is 2.18 bits per heavy atom. The molecule has 0 aromatic heterocycles. The van der Waals surface area contributed by atoms with Crippen LogP contribution in [-0.4, -0.2) is 48.4 Å². The first-order valence-corrected chi connectivity index (χ1v) is 5.40. The maximum Gasteiger partial charge on any atom is 0.323 e. The highest BCUT2D eigenvalue weighted by atomic mass is 19.3. The van der Waals surface area contributed by atoms with Gasteiger partial charge in [-0.25, -0.2) is 8.78 Å². The van der Waals surface area contributed by atoms with E-state index in [0.29, 0.717) is 0 Å². The first-order valence-electron chi connectivity index (χ1n) is 5.40. The van der Waals surface area contributed by atoms with Crippen molar-refractivity contribution in [2.75, 3.05) is 19.7 Å². The van der Waals surface area contributed by atoms with Crippen LogP contribution in [0.5, 0.6) is 0 Å². The van der Waals surface area contributed by atoms with Gasteiger partial charge in [0.1, 0.15) is 6.04 Å². The Balaban J connectivity index is 2.40. The third kappa shape index (κ3) is 4.26. The monoisotopic (exact) mass is 250 g/mol. The van der Waals surface area contributed by atoms with Gasteiger partial charge in [0, 0.05) is 13.0 Å². The van der Waals surface area contributed by atoms with Crippen molar-refractivity contribution in [3.63, 3.8) is 0 Å². The van der Waals surface area contributed by atoms with E-state index in [1.54, 1.807) is 0 Å². The minimum absolute atomic E-state index is 0.212. The second kappa shape index (κ2) is 5.39. The predicted molar refractivity (Wildman–Crippen MR) is 55.4 cm³/mol. The summed E-state index contributed by atoms with van der Waals surface area (Å²) < 4.78 is 30.6. The van der Waals surface area contributed by atoms with Crippen molar-refractivity contribution < 1.29 is 23.1 Å². The number of carbonyl (C=O) groups is 2. The Morgan fingerprint density at radius 1 is 1.53 bits per heavy atom. The number of nitrogens with two attached hydrogens (primary N) is 1. The van der Waals surface area contributed by atoms with Crippen LogP contribution >= 0.6 is 0 Å². The van der Waals surface area contributed by atoms with Gasteiger partial charge < -0.3 is 15.4 Å². The van der Waals surface area contributed by atoms with Crippen LogP contribution < -0.4 is 5.73 Å². The van der Waals surface area contributed by atoms with E-state index in [0.717, 1.165) is 4.90 Å². The molecule has 1 aliphatic heterocycles. The molecule has 1 saturated heterocycles. The van der Waals surface area contributed by atoms with Gasteiger partial charge in [0.25, 0.3) is 11.8 Å². The number of nitrogens with zero attached hydrogens (tertiary/aromatic N) is 1. The third-order valence-electron chi connectivity index (χ3n) is 2.46. The first-order chi connectivity index (χ1) is 7.82. The lowest BCUT2D eigenvalue weighted by molar-refractivity contribution is -0.156. The largest absolute Gasteiger partial charge is 0.454 e. The molecule has 2 N–H and O–H groups in total. The number of hydrogen-bond acceptors (Lipinski definition) is 4. The van der Waals surface area contributed by atoms with Crippen molar-refractivity contribution in [2.45, 2.75) is 31.7 Å². The Morgan fingerprint density at radius 3 is 2.71 bits per heavy atom. The average Bonchev–Trinajstić information content (AvgIpc) is 2.23. The fourth-order valence-electron chi connectivity index (χ4n) is 1.53. The second-order valence-electron chi connectivity index (χ2n) is 4.17. The molecular weight excluding hydrogens is 234 g/mol. The van der Waals surface area contributed by atoms with Crippen molar-refractivity contribution in [1.29, 1.82) is 0 Å². The number of esters is 1. The van der Waals surface area contributed by atoms with Gasteiger partial charge in [-0.05, 0) is 13.3 Å². The summed E-state index contributed by atoms with van der Waals surface area (Å²) in [6.45, 7) is 0.546. The van der Waals surface area contributed by atoms with E-state index in [9.17, 15) is 18.4 Å². The van der Waals surface area contributed by atoms with Gasteiger partial charge in [-0.3, -0.25) is 9.59 Å². The summed E-state index contributed by atoms with van der Waals surface area (Å²) in [6.07, 6.45) is 0.0381. The number of amides is 1. The number of halogens is 2. The fraction of sp³-hybridized carbons (Fsp3) is 0.800. The van der Waals surface area contributed by atoms with E-state index in [2.05, 4.69) is 4.74 Å². The summed E-state index contributed by atoms with van der Waals surface area (Å²) in [4.78, 5) is 23.5. The normalized spacial score (nSPS) is 20.8. The number of likely N-dealkylation sites (tertiary alicyclic amines) is 1. The highest BCUT2D eigenvalue weighted by Gasteiger charge is 2.37. The van der Waals surface area contributed by atoms with Crippen LogP contribution in [0.1, 0.15) is 19.8 Å². The van der Waals surface area contributed by atoms with Crippen molar-refractivity contribution in [2.24, 2.45) is 5.73 Å². The molecule has 1 rings (SSSR count). The van der Waals surface area contributed by atoms with Gasteiger partial charge in [-0.15, -0.1) is 0 Å². The summed E-state index contributed by atoms with van der Waals surface area (Å²) in [7, 11) is 0. The lowest BCUT2D eigenvalue weighted by Gasteiger charge is -2.32. The molecule has 0 spiro atoms. The molecular formula is C10H16F2N2O3. The number of ether oxygens (including phenoxy) is 1. The molecule has 0 aromatic rings. The highest BCUT2D eigenvalue weighted by Crippen LogP contribution is 2.26. The van der Waals surface area contributed by atoms with Gasteiger partial charge in [0.05, 0.1) is 6.54 Å². The lowest BCUT2D eigenvalue weighted by Crippen LogP contribution is -2.47. The molecule has 0 radical (unpaired) electrons. The van der Waals surface area contributed by atoms with Crippen LogP contribution in [0.3, 0.4) is 0 Å². The molecule has 0 bridgehead atoms. The summed E-state index contributed by atoms with van der Waals surface area (Å²) in [5, 5.41) is 0. The standard InChI is InChI=1S/C10H16F2N2O3/c1-7(13)9(16)17-5-8(15)14-4-2-3-10(11,12)6-14/h7H,2-6,13H2,1H3/t7-/m1/s1. The number of piperidine rings is 1. The number of hydrogen-bond donors (Lipinski definition) is 1. The molecule has 1 atom stereocenters. The Hall–Kier alpha value is -1.24. The van der Waals surface area contributed by atoms with Crippen molar-refractivity contribution in [3.05, 3.63) is 0 Å². The van der Waals surface area contributed by atoms with E-state index >= 15 is 0 Å². The number of rotatable bonds is 3. The van der Waals surface area contributed by atoms with Crippen LogP contribution in [0.4, 0.5) is 8.78 Å². The van der Waals surface area contributed by atoms with Crippen molar-refractivity contribution in [1.82, 2.24) is 4.90 Å². The topological polar surface area (TPSA) is 72.6 Å². The van der Waals surface area contributed by atoms with Gasteiger partial charge >= 0.3 is 5.97 Å². The van der Waals surface area contributed by atoms with Gasteiger partial charge in [0.15, 0.2) is 6.61 Å².